The molecular formula is C24H31FN2O2S. The molecule has 0 heterocycles. The van der Waals surface area contributed by atoms with Crippen molar-refractivity contribution in [1.29, 1.82) is 0 Å². The highest BCUT2D eigenvalue weighted by atomic mass is 32.2. The number of halogens is 1. The van der Waals surface area contributed by atoms with Crippen LogP contribution < -0.4 is 5.32 Å². The zero-order chi connectivity index (χ0) is 21.9. The van der Waals surface area contributed by atoms with Crippen LogP contribution in [0.15, 0.2) is 54.6 Å². The van der Waals surface area contributed by atoms with Crippen LogP contribution in [0.2, 0.25) is 0 Å². The van der Waals surface area contributed by atoms with E-state index in [4.69, 9.17) is 0 Å². The van der Waals surface area contributed by atoms with E-state index in [1.165, 1.54) is 17.7 Å². The molecule has 0 radical (unpaired) electrons. The molecule has 30 heavy (non-hydrogen) atoms. The quantitative estimate of drug-likeness (QED) is 0.522. The van der Waals surface area contributed by atoms with E-state index in [1.54, 1.807) is 35.7 Å². The second-order valence-electron chi connectivity index (χ2n) is 7.43. The SMILES string of the molecule is CC[C@H](C)NC(=O)[C@@H](C)N(Cc1ccc(F)cc1)C(=O)CCSCc1ccccc1. The minimum atomic E-state index is -0.601. The van der Waals surface area contributed by atoms with Crippen molar-refractivity contribution in [1.82, 2.24) is 10.2 Å². The van der Waals surface area contributed by atoms with Crippen molar-refractivity contribution in [2.45, 2.75) is 58.0 Å². The first-order chi connectivity index (χ1) is 14.4. The molecule has 4 nitrogen and oxygen atoms in total. The third-order valence-corrected chi connectivity index (χ3v) is 6.04. The van der Waals surface area contributed by atoms with Crippen LogP contribution in [0.5, 0.6) is 0 Å². The van der Waals surface area contributed by atoms with Gasteiger partial charge in [-0.25, -0.2) is 4.39 Å². The fourth-order valence-corrected chi connectivity index (χ4v) is 3.79. The van der Waals surface area contributed by atoms with Gasteiger partial charge in [-0.3, -0.25) is 9.59 Å². The van der Waals surface area contributed by atoms with E-state index in [9.17, 15) is 14.0 Å². The Kier molecular flexibility index (Phi) is 9.87. The van der Waals surface area contributed by atoms with Crippen molar-refractivity contribution in [2.75, 3.05) is 5.75 Å². The summed E-state index contributed by atoms with van der Waals surface area (Å²) in [5.41, 5.74) is 2.02. The van der Waals surface area contributed by atoms with Crippen LogP contribution in [0.1, 0.15) is 44.7 Å². The molecule has 2 aromatic rings. The summed E-state index contributed by atoms with van der Waals surface area (Å²) in [5, 5.41) is 2.95. The predicted molar refractivity (Wildman–Crippen MR) is 122 cm³/mol. The minimum absolute atomic E-state index is 0.0455. The first-order valence-corrected chi connectivity index (χ1v) is 11.5. The molecule has 0 aliphatic heterocycles. The van der Waals surface area contributed by atoms with Crippen LogP contribution in [0.3, 0.4) is 0 Å². The smallest absolute Gasteiger partial charge is 0.242 e. The lowest BCUT2D eigenvalue weighted by atomic mass is 10.1. The van der Waals surface area contributed by atoms with Crippen molar-refractivity contribution >= 4 is 23.6 Å². The van der Waals surface area contributed by atoms with E-state index < -0.39 is 6.04 Å². The predicted octanol–water partition coefficient (Wildman–Crippen LogP) is 4.78. The number of rotatable bonds is 11. The molecule has 0 saturated carbocycles. The lowest BCUT2D eigenvalue weighted by Crippen LogP contribution is -2.49. The van der Waals surface area contributed by atoms with Crippen molar-refractivity contribution < 1.29 is 14.0 Å². The number of carbonyl (C=O) groups excluding carboxylic acids is 2. The molecule has 2 amide bonds. The van der Waals surface area contributed by atoms with Gasteiger partial charge in [-0.2, -0.15) is 11.8 Å². The lowest BCUT2D eigenvalue weighted by molar-refractivity contribution is -0.140. The van der Waals surface area contributed by atoms with E-state index in [0.29, 0.717) is 12.2 Å². The van der Waals surface area contributed by atoms with E-state index in [-0.39, 0.29) is 30.2 Å². The molecule has 0 aromatic heterocycles. The van der Waals surface area contributed by atoms with Gasteiger partial charge < -0.3 is 10.2 Å². The number of thioether (sulfide) groups is 1. The largest absolute Gasteiger partial charge is 0.352 e. The molecule has 0 saturated heterocycles. The number of hydrogen-bond acceptors (Lipinski definition) is 3. The second kappa shape index (κ2) is 12.4. The summed E-state index contributed by atoms with van der Waals surface area (Å²) in [6.07, 6.45) is 1.17. The molecule has 0 aliphatic rings. The third kappa shape index (κ3) is 7.82. The Labute approximate surface area is 183 Å². The fraction of sp³-hybridized carbons (Fsp3) is 0.417. The summed E-state index contributed by atoms with van der Waals surface area (Å²) in [6.45, 7) is 5.96. The van der Waals surface area contributed by atoms with Crippen molar-refractivity contribution in [2.24, 2.45) is 0 Å². The molecule has 162 valence electrons. The molecule has 2 rings (SSSR count). The average molecular weight is 431 g/mol. The summed E-state index contributed by atoms with van der Waals surface area (Å²) in [6, 6.07) is 15.6. The molecule has 0 fully saturated rings. The van der Waals surface area contributed by atoms with E-state index in [2.05, 4.69) is 17.4 Å². The molecule has 0 unspecified atom stereocenters. The van der Waals surface area contributed by atoms with E-state index in [0.717, 1.165) is 17.7 Å². The van der Waals surface area contributed by atoms with Gasteiger partial charge in [0.2, 0.25) is 11.8 Å². The molecule has 2 atom stereocenters. The first kappa shape index (κ1) is 23.9. The molecule has 1 N–H and O–H groups in total. The van der Waals surface area contributed by atoms with Gasteiger partial charge in [0.15, 0.2) is 0 Å². The second-order valence-corrected chi connectivity index (χ2v) is 8.54. The number of nitrogens with zero attached hydrogens (tertiary/aromatic N) is 1. The molecule has 0 bridgehead atoms. The van der Waals surface area contributed by atoms with Crippen LogP contribution in [0.4, 0.5) is 4.39 Å². The number of benzene rings is 2. The Morgan fingerprint density at radius 2 is 1.70 bits per heavy atom. The molecular weight excluding hydrogens is 399 g/mol. The molecule has 2 aromatic carbocycles. The number of nitrogens with one attached hydrogen (secondary N) is 1. The maximum Gasteiger partial charge on any atom is 0.242 e. The monoisotopic (exact) mass is 430 g/mol. The average Bonchev–Trinajstić information content (AvgIpc) is 2.76. The Bertz CT molecular complexity index is 799. The highest BCUT2D eigenvalue weighted by Gasteiger charge is 2.26. The highest BCUT2D eigenvalue weighted by Crippen LogP contribution is 2.16. The number of amides is 2. The van der Waals surface area contributed by atoms with Crippen molar-refractivity contribution in [3.63, 3.8) is 0 Å². The Hall–Kier alpha value is -2.34. The normalized spacial score (nSPS) is 12.8. The summed E-state index contributed by atoms with van der Waals surface area (Å²) in [4.78, 5) is 27.2. The molecule has 6 heteroatoms. The van der Waals surface area contributed by atoms with Crippen LogP contribution >= 0.6 is 11.8 Å². The molecule has 0 spiro atoms. The summed E-state index contributed by atoms with van der Waals surface area (Å²) < 4.78 is 13.2. The maximum absolute atomic E-state index is 13.2. The first-order valence-electron chi connectivity index (χ1n) is 10.4. The van der Waals surface area contributed by atoms with Gasteiger partial charge in [0.05, 0.1) is 0 Å². The van der Waals surface area contributed by atoms with Gasteiger partial charge in [0.25, 0.3) is 0 Å². The lowest BCUT2D eigenvalue weighted by Gasteiger charge is -2.29. The highest BCUT2D eigenvalue weighted by molar-refractivity contribution is 7.98. The summed E-state index contributed by atoms with van der Waals surface area (Å²) in [5.74, 6) is 0.948. The molecule has 0 aliphatic carbocycles. The number of carbonyl (C=O) groups is 2. The topological polar surface area (TPSA) is 49.4 Å². The van der Waals surface area contributed by atoms with E-state index in [1.807, 2.05) is 32.0 Å². The van der Waals surface area contributed by atoms with Crippen LogP contribution in [0, 0.1) is 5.82 Å². The van der Waals surface area contributed by atoms with Crippen LogP contribution in [-0.4, -0.2) is 34.6 Å². The zero-order valence-electron chi connectivity index (χ0n) is 17.9. The van der Waals surface area contributed by atoms with Gasteiger partial charge in [-0.1, -0.05) is 49.4 Å². The zero-order valence-corrected chi connectivity index (χ0v) is 18.8. The van der Waals surface area contributed by atoms with Crippen molar-refractivity contribution in [3.05, 3.63) is 71.5 Å². The van der Waals surface area contributed by atoms with Gasteiger partial charge in [0.1, 0.15) is 11.9 Å². The summed E-state index contributed by atoms with van der Waals surface area (Å²) >= 11 is 1.70. The van der Waals surface area contributed by atoms with Crippen molar-refractivity contribution in [3.8, 4) is 0 Å². The van der Waals surface area contributed by atoms with Crippen LogP contribution in [0.25, 0.3) is 0 Å². The summed E-state index contributed by atoms with van der Waals surface area (Å²) in [7, 11) is 0. The Balaban J connectivity index is 2.00. The van der Waals surface area contributed by atoms with Gasteiger partial charge in [-0.15, -0.1) is 0 Å². The van der Waals surface area contributed by atoms with Gasteiger partial charge in [-0.05, 0) is 43.5 Å². The Morgan fingerprint density at radius 1 is 1.03 bits per heavy atom. The minimum Gasteiger partial charge on any atom is -0.352 e. The number of hydrogen-bond donors (Lipinski definition) is 1. The van der Waals surface area contributed by atoms with Crippen LogP contribution in [-0.2, 0) is 21.9 Å². The standard InChI is InChI=1S/C24H31FN2O2S/c1-4-18(2)26-24(29)19(3)27(16-20-10-12-22(25)13-11-20)23(28)14-15-30-17-21-8-6-5-7-9-21/h5-13,18-19H,4,14-17H2,1-3H3,(H,26,29)/t18-,19+/m0/s1. The third-order valence-electron chi connectivity index (χ3n) is 5.01. The maximum atomic E-state index is 13.2. The van der Waals surface area contributed by atoms with Gasteiger partial charge in [0, 0.05) is 30.5 Å². The van der Waals surface area contributed by atoms with E-state index >= 15 is 0 Å². The van der Waals surface area contributed by atoms with Gasteiger partial charge >= 0.3 is 0 Å². The Morgan fingerprint density at radius 3 is 2.33 bits per heavy atom. The fourth-order valence-electron chi connectivity index (χ4n) is 2.90.